The molecule has 5 heterocycles. The lowest BCUT2D eigenvalue weighted by molar-refractivity contribution is 0.0342. The van der Waals surface area contributed by atoms with Crippen LogP contribution in [0.4, 0.5) is 5.69 Å². The van der Waals surface area contributed by atoms with Gasteiger partial charge in [0.25, 0.3) is 0 Å². The second-order valence-electron chi connectivity index (χ2n) is 9.80. The number of hydrogen-bond donors (Lipinski definition) is 1. The number of pyridine rings is 2. The Labute approximate surface area is 225 Å². The second-order valence-corrected chi connectivity index (χ2v) is 10.7. The molecule has 0 aliphatic carbocycles. The molecule has 192 valence electrons. The Hall–Kier alpha value is -2.85. The molecule has 1 atom stereocenters. The number of anilines is 1. The Morgan fingerprint density at radius 3 is 2.43 bits per heavy atom. The first-order chi connectivity index (χ1) is 18.2. The molecule has 0 spiro atoms. The van der Waals surface area contributed by atoms with E-state index in [0.717, 1.165) is 91.7 Å². The van der Waals surface area contributed by atoms with Crippen LogP contribution in [0.3, 0.4) is 0 Å². The van der Waals surface area contributed by atoms with E-state index in [1.807, 2.05) is 18.6 Å². The zero-order chi connectivity index (χ0) is 25.2. The molecule has 2 fully saturated rings. The van der Waals surface area contributed by atoms with Crippen LogP contribution in [0.25, 0.3) is 22.6 Å². The normalized spacial score (nSPS) is 18.4. The van der Waals surface area contributed by atoms with E-state index in [0.29, 0.717) is 6.04 Å². The third-order valence-electron chi connectivity index (χ3n) is 7.55. The molecule has 4 aromatic rings. The maximum absolute atomic E-state index is 5.47. The highest BCUT2D eigenvalue weighted by molar-refractivity contribution is 9.10. The smallest absolute Gasteiger partial charge is 0.159 e. The fourth-order valence-electron chi connectivity index (χ4n) is 5.33. The second kappa shape index (κ2) is 10.9. The largest absolute Gasteiger partial charge is 0.379 e. The van der Waals surface area contributed by atoms with Crippen LogP contribution in [0.5, 0.6) is 0 Å². The molecule has 37 heavy (non-hydrogen) atoms. The lowest BCUT2D eigenvalue weighted by atomic mass is 10.1. The van der Waals surface area contributed by atoms with Gasteiger partial charge in [0.1, 0.15) is 11.3 Å². The average molecular weight is 563 g/mol. The SMILES string of the molecule is CC(c1ccncc1)N1CCN(c2c(Br)cnc3[nH]c(-c4ccc(CN5CCOCC5)cc4)nc23)CC1. The minimum atomic E-state index is 0.370. The first-order valence-corrected chi connectivity index (χ1v) is 13.8. The molecule has 8 nitrogen and oxygen atoms in total. The number of ether oxygens (including phenoxy) is 1. The van der Waals surface area contributed by atoms with Crippen molar-refractivity contribution in [1.29, 1.82) is 0 Å². The van der Waals surface area contributed by atoms with Gasteiger partial charge in [-0.2, -0.15) is 0 Å². The number of aromatic nitrogens is 4. The molecular weight excluding hydrogens is 530 g/mol. The third-order valence-corrected chi connectivity index (χ3v) is 8.13. The van der Waals surface area contributed by atoms with Crippen molar-refractivity contribution < 1.29 is 4.74 Å². The summed E-state index contributed by atoms with van der Waals surface area (Å²) in [7, 11) is 0. The van der Waals surface area contributed by atoms with E-state index < -0.39 is 0 Å². The first-order valence-electron chi connectivity index (χ1n) is 13.0. The molecule has 2 aliphatic heterocycles. The summed E-state index contributed by atoms with van der Waals surface area (Å²) in [4.78, 5) is 24.7. The molecule has 2 aliphatic rings. The van der Waals surface area contributed by atoms with Gasteiger partial charge in [-0.15, -0.1) is 0 Å². The zero-order valence-corrected chi connectivity index (χ0v) is 22.7. The van der Waals surface area contributed by atoms with Crippen LogP contribution >= 0.6 is 15.9 Å². The number of nitrogens with one attached hydrogen (secondary N) is 1. The molecule has 1 aromatic carbocycles. The number of H-pyrrole nitrogens is 1. The molecule has 1 N–H and O–H groups in total. The number of nitrogens with zero attached hydrogens (tertiary/aromatic N) is 6. The van der Waals surface area contributed by atoms with E-state index in [9.17, 15) is 0 Å². The topological polar surface area (TPSA) is 73.4 Å². The summed E-state index contributed by atoms with van der Waals surface area (Å²) < 4.78 is 6.45. The molecule has 0 amide bonds. The van der Waals surface area contributed by atoms with Gasteiger partial charge < -0.3 is 14.6 Å². The van der Waals surface area contributed by atoms with E-state index in [1.165, 1.54) is 11.1 Å². The van der Waals surface area contributed by atoms with Crippen molar-refractivity contribution in [3.63, 3.8) is 0 Å². The quantitative estimate of drug-likeness (QED) is 0.371. The van der Waals surface area contributed by atoms with E-state index >= 15 is 0 Å². The van der Waals surface area contributed by atoms with Crippen LogP contribution in [-0.2, 0) is 11.3 Å². The zero-order valence-electron chi connectivity index (χ0n) is 21.1. The fourth-order valence-corrected chi connectivity index (χ4v) is 5.87. The maximum atomic E-state index is 5.47. The highest BCUT2D eigenvalue weighted by atomic mass is 79.9. The van der Waals surface area contributed by atoms with Crippen molar-refractivity contribution in [2.75, 3.05) is 57.4 Å². The molecule has 1 unspecified atom stereocenters. The minimum absolute atomic E-state index is 0.370. The van der Waals surface area contributed by atoms with Gasteiger partial charge in [-0.1, -0.05) is 24.3 Å². The summed E-state index contributed by atoms with van der Waals surface area (Å²) in [5, 5.41) is 0. The molecule has 3 aromatic heterocycles. The van der Waals surface area contributed by atoms with Gasteiger partial charge in [-0.3, -0.25) is 14.8 Å². The number of fused-ring (bicyclic) bond motifs is 1. The van der Waals surface area contributed by atoms with Gasteiger partial charge in [0.15, 0.2) is 5.65 Å². The van der Waals surface area contributed by atoms with Crippen LogP contribution in [-0.4, -0.2) is 82.2 Å². The maximum Gasteiger partial charge on any atom is 0.159 e. The Balaban J connectivity index is 1.19. The number of morpholine rings is 1. The summed E-state index contributed by atoms with van der Waals surface area (Å²) >= 11 is 3.76. The van der Waals surface area contributed by atoms with E-state index in [2.05, 4.69) is 88.9 Å². The fraction of sp³-hybridized carbons (Fsp3) is 0.393. The Morgan fingerprint density at radius 2 is 1.70 bits per heavy atom. The number of hydrogen-bond acceptors (Lipinski definition) is 7. The van der Waals surface area contributed by atoms with Crippen LogP contribution in [0.15, 0.2) is 59.5 Å². The van der Waals surface area contributed by atoms with E-state index in [1.54, 1.807) is 0 Å². The summed E-state index contributed by atoms with van der Waals surface area (Å²) in [6.07, 6.45) is 5.64. The van der Waals surface area contributed by atoms with Crippen molar-refractivity contribution in [3.8, 4) is 11.4 Å². The van der Waals surface area contributed by atoms with Gasteiger partial charge in [-0.25, -0.2) is 9.97 Å². The third kappa shape index (κ3) is 5.27. The molecule has 0 bridgehead atoms. The average Bonchev–Trinajstić information content (AvgIpc) is 3.38. The Bertz CT molecular complexity index is 1330. The molecule has 0 saturated carbocycles. The van der Waals surface area contributed by atoms with Crippen molar-refractivity contribution in [2.45, 2.75) is 19.5 Å². The summed E-state index contributed by atoms with van der Waals surface area (Å²) in [5.74, 6) is 0.852. The van der Waals surface area contributed by atoms with Crippen molar-refractivity contribution >= 4 is 32.8 Å². The summed E-state index contributed by atoms with van der Waals surface area (Å²) in [6.45, 7) is 10.7. The van der Waals surface area contributed by atoms with Crippen LogP contribution in [0, 0.1) is 0 Å². The van der Waals surface area contributed by atoms with Crippen molar-refractivity contribution in [2.24, 2.45) is 0 Å². The van der Waals surface area contributed by atoms with Gasteiger partial charge in [0.05, 0.1) is 23.4 Å². The van der Waals surface area contributed by atoms with Crippen molar-refractivity contribution in [1.82, 2.24) is 29.7 Å². The van der Waals surface area contributed by atoms with Crippen LogP contribution in [0.2, 0.25) is 0 Å². The molecular formula is C28H32BrN7O. The van der Waals surface area contributed by atoms with Crippen LogP contribution < -0.4 is 4.90 Å². The number of benzene rings is 1. The highest BCUT2D eigenvalue weighted by Gasteiger charge is 2.26. The van der Waals surface area contributed by atoms with Gasteiger partial charge in [-0.05, 0) is 46.1 Å². The minimum Gasteiger partial charge on any atom is -0.379 e. The molecule has 0 radical (unpaired) electrons. The van der Waals surface area contributed by atoms with Gasteiger partial charge in [0.2, 0.25) is 0 Å². The van der Waals surface area contributed by atoms with Crippen LogP contribution in [0.1, 0.15) is 24.1 Å². The highest BCUT2D eigenvalue weighted by Crippen LogP contribution is 2.35. The molecule has 2 saturated heterocycles. The standard InChI is InChI=1S/C28H32BrN7O/c1-20(22-6-8-30-9-7-22)35-10-12-36(13-11-35)26-24(29)18-31-28-25(26)32-27(33-28)23-4-2-21(3-5-23)19-34-14-16-37-17-15-34/h2-9,18,20H,10-17,19H2,1H3,(H,31,32,33). The number of rotatable bonds is 6. The molecule has 6 rings (SSSR count). The number of aromatic amines is 1. The lowest BCUT2D eigenvalue weighted by Gasteiger charge is -2.39. The Kier molecular flexibility index (Phi) is 7.19. The van der Waals surface area contributed by atoms with Crippen molar-refractivity contribution in [3.05, 3.63) is 70.6 Å². The Morgan fingerprint density at radius 1 is 0.973 bits per heavy atom. The number of halogens is 1. The number of imidazole rings is 1. The van der Waals surface area contributed by atoms with E-state index in [4.69, 9.17) is 9.72 Å². The summed E-state index contributed by atoms with van der Waals surface area (Å²) in [6, 6.07) is 13.3. The first kappa shape index (κ1) is 24.5. The molecule has 9 heteroatoms. The van der Waals surface area contributed by atoms with Gasteiger partial charge in [0, 0.05) is 76.0 Å². The lowest BCUT2D eigenvalue weighted by Crippen LogP contribution is -2.47. The van der Waals surface area contributed by atoms with E-state index in [-0.39, 0.29) is 0 Å². The summed E-state index contributed by atoms with van der Waals surface area (Å²) in [5.41, 5.74) is 6.54. The number of piperazine rings is 1. The predicted molar refractivity (Wildman–Crippen MR) is 150 cm³/mol. The monoisotopic (exact) mass is 561 g/mol. The predicted octanol–water partition coefficient (Wildman–Crippen LogP) is 4.50. The van der Waals surface area contributed by atoms with Gasteiger partial charge >= 0.3 is 0 Å².